The summed E-state index contributed by atoms with van der Waals surface area (Å²) in [6.07, 6.45) is 3.27. The molecule has 192 valence electrons. The topological polar surface area (TPSA) is 133 Å². The number of unbranched alkanes of at least 4 members (excludes halogenated alkanes) is 3. The summed E-state index contributed by atoms with van der Waals surface area (Å²) in [6.45, 7) is 1.51. The van der Waals surface area contributed by atoms with Gasteiger partial charge in [0.05, 0.1) is 50.7 Å². The van der Waals surface area contributed by atoms with Crippen LogP contribution < -0.4 is 4.74 Å². The van der Waals surface area contributed by atoms with Crippen LogP contribution in [0.2, 0.25) is 0 Å². The fourth-order valence-electron chi connectivity index (χ4n) is 2.76. The predicted octanol–water partition coefficient (Wildman–Crippen LogP) is 5.79. The lowest BCUT2D eigenvalue weighted by atomic mass is 10.2. The molecule has 0 saturated carbocycles. The molecule has 1 atom stereocenters. The number of benzene rings is 2. The van der Waals surface area contributed by atoms with Crippen molar-refractivity contribution in [3.63, 3.8) is 0 Å². The number of non-ortho nitro benzene ring substituents is 1. The molecule has 0 bridgehead atoms. The molecular weight excluding hydrogens is 475 g/mol. The largest absolute Gasteiger partial charge is 0.494 e. The van der Waals surface area contributed by atoms with Gasteiger partial charge in [-0.1, -0.05) is 6.42 Å². The molecule has 2 aromatic rings. The number of hydrogen-bond acceptors (Lipinski definition) is 8. The van der Waals surface area contributed by atoms with E-state index < -0.39 is 12.7 Å². The van der Waals surface area contributed by atoms with Gasteiger partial charge in [-0.3, -0.25) is 19.2 Å². The molecule has 0 amide bonds. The highest BCUT2D eigenvalue weighted by Gasteiger charge is 2.21. The molecule has 35 heavy (non-hydrogen) atoms. The van der Waals surface area contributed by atoms with Crippen LogP contribution in [0.1, 0.15) is 25.7 Å². The number of hydrogen-bond donors (Lipinski definition) is 1. The van der Waals surface area contributed by atoms with Gasteiger partial charge in [-0.2, -0.15) is 10.2 Å². The van der Waals surface area contributed by atoms with Gasteiger partial charge in [0.2, 0.25) is 0 Å². The fourth-order valence-corrected chi connectivity index (χ4v) is 3.51. The lowest BCUT2D eigenvalue weighted by Gasteiger charge is -2.24. The van der Waals surface area contributed by atoms with Gasteiger partial charge in [-0.25, -0.2) is 4.57 Å². The van der Waals surface area contributed by atoms with E-state index in [9.17, 15) is 19.6 Å². The minimum Gasteiger partial charge on any atom is -0.494 e. The molecule has 0 aliphatic carbocycles. The summed E-state index contributed by atoms with van der Waals surface area (Å²) in [4.78, 5) is 19.9. The zero-order chi connectivity index (χ0) is 25.7. The second-order valence-electron chi connectivity index (χ2n) is 8.88. The van der Waals surface area contributed by atoms with Crippen molar-refractivity contribution in [3.8, 4) is 5.75 Å². The standard InChI is InChI=1S/C23H33N4O7P/c1-27(2,3)16-19-34-35(30,31)33-18-7-5-4-6-17-32-23-14-10-21(11-15-23)25-24-20-8-12-22(13-9-20)26(28)29/h8-15H,4-7,16-19H2,1-3H3/p+1. The summed E-state index contributed by atoms with van der Waals surface area (Å²) < 4.78 is 28.1. The minimum absolute atomic E-state index is 0.00548. The molecule has 0 radical (unpaired) electrons. The molecule has 0 aromatic heterocycles. The lowest BCUT2D eigenvalue weighted by molar-refractivity contribution is -0.870. The molecule has 0 fully saturated rings. The van der Waals surface area contributed by atoms with Crippen LogP contribution in [0.25, 0.3) is 0 Å². The van der Waals surface area contributed by atoms with Crippen molar-refractivity contribution in [3.05, 3.63) is 58.6 Å². The Morgan fingerprint density at radius 3 is 1.91 bits per heavy atom. The van der Waals surface area contributed by atoms with E-state index in [0.717, 1.165) is 25.0 Å². The van der Waals surface area contributed by atoms with Gasteiger partial charge in [-0.05, 0) is 55.7 Å². The number of phosphoric acid groups is 1. The maximum absolute atomic E-state index is 11.8. The summed E-state index contributed by atoms with van der Waals surface area (Å²) in [6, 6.07) is 13.0. The van der Waals surface area contributed by atoms with Gasteiger partial charge < -0.3 is 14.1 Å². The number of likely N-dealkylation sites (N-methyl/N-ethyl adjacent to an activating group) is 1. The van der Waals surface area contributed by atoms with Gasteiger partial charge in [0, 0.05) is 12.1 Å². The zero-order valence-corrected chi connectivity index (χ0v) is 21.3. The van der Waals surface area contributed by atoms with Crippen LogP contribution in [0.4, 0.5) is 17.1 Å². The van der Waals surface area contributed by atoms with E-state index in [1.54, 1.807) is 24.3 Å². The Kier molecular flexibility index (Phi) is 11.4. The number of quaternary nitrogens is 1. The van der Waals surface area contributed by atoms with Crippen molar-refractivity contribution in [1.29, 1.82) is 0 Å². The van der Waals surface area contributed by atoms with Crippen molar-refractivity contribution in [2.24, 2.45) is 10.2 Å². The Morgan fingerprint density at radius 2 is 1.37 bits per heavy atom. The summed E-state index contributed by atoms with van der Waals surface area (Å²) in [5, 5.41) is 18.9. The normalized spacial score (nSPS) is 13.6. The van der Waals surface area contributed by atoms with Crippen molar-refractivity contribution in [2.75, 3.05) is 47.5 Å². The monoisotopic (exact) mass is 509 g/mol. The summed E-state index contributed by atoms with van der Waals surface area (Å²) in [7, 11) is 1.94. The number of azo groups is 1. The molecule has 0 heterocycles. The number of rotatable bonds is 16. The highest BCUT2D eigenvalue weighted by molar-refractivity contribution is 7.47. The van der Waals surface area contributed by atoms with Crippen molar-refractivity contribution >= 4 is 24.9 Å². The first-order valence-electron chi connectivity index (χ1n) is 11.4. The average Bonchev–Trinajstić information content (AvgIpc) is 2.79. The number of ether oxygens (including phenoxy) is 1. The molecule has 0 aliphatic heterocycles. The Hall–Kier alpha value is -2.69. The van der Waals surface area contributed by atoms with E-state index in [4.69, 9.17) is 13.8 Å². The first-order chi connectivity index (χ1) is 16.5. The lowest BCUT2D eigenvalue weighted by Crippen LogP contribution is -2.37. The van der Waals surface area contributed by atoms with E-state index in [1.165, 1.54) is 24.3 Å². The van der Waals surface area contributed by atoms with Gasteiger partial charge in [-0.15, -0.1) is 0 Å². The predicted molar refractivity (Wildman–Crippen MR) is 132 cm³/mol. The quantitative estimate of drug-likeness (QED) is 0.0756. The molecule has 12 heteroatoms. The molecule has 0 saturated heterocycles. The second-order valence-corrected chi connectivity index (χ2v) is 10.3. The fraction of sp³-hybridized carbons (Fsp3) is 0.478. The van der Waals surface area contributed by atoms with E-state index >= 15 is 0 Å². The van der Waals surface area contributed by atoms with E-state index in [0.29, 0.717) is 35.4 Å². The Labute approximate surface area is 205 Å². The number of nitro benzene ring substituents is 1. The molecule has 1 unspecified atom stereocenters. The van der Waals surface area contributed by atoms with E-state index in [-0.39, 0.29) is 18.9 Å². The third kappa shape index (κ3) is 12.5. The molecule has 2 rings (SSSR count). The first-order valence-corrected chi connectivity index (χ1v) is 12.8. The summed E-state index contributed by atoms with van der Waals surface area (Å²) >= 11 is 0. The van der Waals surface area contributed by atoms with Crippen LogP contribution in [0, 0.1) is 10.1 Å². The third-order valence-corrected chi connectivity index (χ3v) is 5.77. The van der Waals surface area contributed by atoms with Crippen LogP contribution in [0.5, 0.6) is 5.75 Å². The van der Waals surface area contributed by atoms with Gasteiger partial charge in [0.25, 0.3) is 5.69 Å². The number of nitro groups is 1. The minimum atomic E-state index is -3.99. The number of nitrogens with zero attached hydrogens (tertiary/aromatic N) is 4. The van der Waals surface area contributed by atoms with Crippen molar-refractivity contribution in [2.45, 2.75) is 25.7 Å². The molecule has 0 spiro atoms. The summed E-state index contributed by atoms with van der Waals surface area (Å²) in [5.74, 6) is 0.717. The second kappa shape index (κ2) is 14.0. The van der Waals surface area contributed by atoms with Crippen molar-refractivity contribution < 1.29 is 32.6 Å². The first kappa shape index (κ1) is 28.5. The van der Waals surface area contributed by atoms with E-state index in [2.05, 4.69) is 10.2 Å². The van der Waals surface area contributed by atoms with Crippen LogP contribution in [-0.4, -0.2) is 61.8 Å². The van der Waals surface area contributed by atoms with Crippen LogP contribution >= 0.6 is 7.82 Å². The van der Waals surface area contributed by atoms with Crippen LogP contribution in [0.3, 0.4) is 0 Å². The zero-order valence-electron chi connectivity index (χ0n) is 20.4. The van der Waals surface area contributed by atoms with Gasteiger partial charge in [0.15, 0.2) is 0 Å². The molecular formula is C23H34N4O7P+. The third-order valence-electron chi connectivity index (χ3n) is 4.76. The molecule has 0 aliphatic rings. The Bertz CT molecular complexity index is 992. The van der Waals surface area contributed by atoms with Crippen LogP contribution in [-0.2, 0) is 13.6 Å². The number of phosphoric ester groups is 1. The Balaban J connectivity index is 1.57. The maximum atomic E-state index is 11.8. The van der Waals surface area contributed by atoms with Crippen molar-refractivity contribution in [1.82, 2.24) is 0 Å². The maximum Gasteiger partial charge on any atom is 0.472 e. The SMILES string of the molecule is C[N+](C)(C)CCOP(=O)(O)OCCCCCCOc1ccc(N=Nc2ccc([N+](=O)[O-])cc2)cc1. The average molecular weight is 510 g/mol. The molecule has 1 N–H and O–H groups in total. The smallest absolute Gasteiger partial charge is 0.472 e. The van der Waals surface area contributed by atoms with E-state index in [1.807, 2.05) is 21.1 Å². The molecule has 2 aromatic carbocycles. The van der Waals surface area contributed by atoms with Gasteiger partial charge in [0.1, 0.15) is 18.9 Å². The van der Waals surface area contributed by atoms with Crippen LogP contribution in [0.15, 0.2) is 58.8 Å². The molecule has 11 nitrogen and oxygen atoms in total. The highest BCUT2D eigenvalue weighted by atomic mass is 31.2. The Morgan fingerprint density at radius 1 is 0.857 bits per heavy atom. The van der Waals surface area contributed by atoms with Gasteiger partial charge >= 0.3 is 7.82 Å². The highest BCUT2D eigenvalue weighted by Crippen LogP contribution is 2.43. The summed E-state index contributed by atoms with van der Waals surface area (Å²) in [5.41, 5.74) is 1.17.